The molecule has 1 fully saturated rings. The molecule has 3 heterocycles. The summed E-state index contributed by atoms with van der Waals surface area (Å²) in [7, 11) is 2.19. The molecule has 3 nitrogen and oxygen atoms in total. The lowest BCUT2D eigenvalue weighted by atomic mass is 10.1. The first-order valence-electron chi connectivity index (χ1n) is 5.95. The zero-order chi connectivity index (χ0) is 11.9. The van der Waals surface area contributed by atoms with E-state index in [1.807, 2.05) is 30.6 Å². The fraction of sp³-hybridized carbons (Fsp3) is 0.357. The van der Waals surface area contributed by atoms with Gasteiger partial charge in [0.2, 0.25) is 0 Å². The molecule has 0 spiro atoms. The maximum Gasteiger partial charge on any atom is 0.0902 e. The quantitative estimate of drug-likeness (QED) is 0.753. The Balaban J connectivity index is 0.000000181. The summed E-state index contributed by atoms with van der Waals surface area (Å²) in [6, 6.07) is 8.46. The monoisotopic (exact) mass is 230 g/mol. The zero-order valence-electron chi connectivity index (χ0n) is 10.1. The number of rotatable bonds is 1. The zero-order valence-corrected chi connectivity index (χ0v) is 10.1. The predicted molar refractivity (Wildman–Crippen MR) is 67.6 cm³/mol. The molecule has 1 atom stereocenters. The summed E-state index contributed by atoms with van der Waals surface area (Å²) in [6.45, 7) is 1.22. The van der Waals surface area contributed by atoms with Crippen LogP contribution in [0.4, 0.5) is 0 Å². The van der Waals surface area contributed by atoms with E-state index in [1.165, 1.54) is 24.9 Å². The van der Waals surface area contributed by atoms with Crippen molar-refractivity contribution in [2.45, 2.75) is 18.9 Å². The summed E-state index contributed by atoms with van der Waals surface area (Å²) in [5.41, 5.74) is 1.36. The number of pyridine rings is 1. The van der Waals surface area contributed by atoms with E-state index in [0.29, 0.717) is 6.04 Å². The maximum atomic E-state index is 4.58. The molecule has 2 aromatic rings. The molecule has 90 valence electrons. The lowest BCUT2D eigenvalue weighted by Gasteiger charge is -2.18. The smallest absolute Gasteiger partial charge is 0.0902 e. The third-order valence-corrected chi connectivity index (χ3v) is 3.02. The SMILES string of the molecule is CN1CCC[C@H]1c1cccnc1.c1ccoc1. The van der Waals surface area contributed by atoms with Gasteiger partial charge in [0.05, 0.1) is 12.5 Å². The van der Waals surface area contributed by atoms with E-state index in [2.05, 4.69) is 27.4 Å². The van der Waals surface area contributed by atoms with E-state index in [1.54, 1.807) is 12.5 Å². The molecule has 0 saturated carbocycles. The van der Waals surface area contributed by atoms with Crippen LogP contribution < -0.4 is 0 Å². The van der Waals surface area contributed by atoms with Crippen LogP contribution >= 0.6 is 0 Å². The average molecular weight is 230 g/mol. The molecular weight excluding hydrogens is 212 g/mol. The van der Waals surface area contributed by atoms with Crippen LogP contribution in [0.2, 0.25) is 0 Å². The van der Waals surface area contributed by atoms with Crippen molar-refractivity contribution in [1.82, 2.24) is 9.88 Å². The molecule has 0 radical (unpaired) electrons. The summed E-state index contributed by atoms with van der Waals surface area (Å²) in [5.74, 6) is 0. The molecule has 0 amide bonds. The minimum Gasteiger partial charge on any atom is -0.473 e. The van der Waals surface area contributed by atoms with Gasteiger partial charge in [0.15, 0.2) is 0 Å². The van der Waals surface area contributed by atoms with E-state index >= 15 is 0 Å². The highest BCUT2D eigenvalue weighted by Crippen LogP contribution is 2.29. The first-order chi connectivity index (χ1) is 8.38. The van der Waals surface area contributed by atoms with Crippen LogP contribution in [0.1, 0.15) is 24.4 Å². The van der Waals surface area contributed by atoms with Crippen molar-refractivity contribution in [3.8, 4) is 0 Å². The standard InChI is InChI=1S/C10H14N2.C4H4O/c1-12-7-3-5-10(12)9-4-2-6-11-8-9;1-2-4-5-3-1/h2,4,6,8,10H,3,5,7H2,1H3;1-4H/t10-;/m0./s1. The second-order valence-electron chi connectivity index (χ2n) is 4.22. The fourth-order valence-corrected chi connectivity index (χ4v) is 2.13. The van der Waals surface area contributed by atoms with Crippen LogP contribution in [-0.2, 0) is 0 Å². The van der Waals surface area contributed by atoms with Crippen LogP contribution in [0.25, 0.3) is 0 Å². The first kappa shape index (κ1) is 11.9. The molecule has 2 aromatic heterocycles. The Morgan fingerprint density at radius 1 is 1.29 bits per heavy atom. The Hall–Kier alpha value is -1.61. The second-order valence-corrected chi connectivity index (χ2v) is 4.22. The summed E-state index contributed by atoms with van der Waals surface area (Å²) in [5, 5.41) is 0. The molecule has 0 aromatic carbocycles. The number of nitrogens with zero attached hydrogens (tertiary/aromatic N) is 2. The van der Waals surface area contributed by atoms with Crippen molar-refractivity contribution in [3.63, 3.8) is 0 Å². The van der Waals surface area contributed by atoms with E-state index in [4.69, 9.17) is 0 Å². The topological polar surface area (TPSA) is 29.3 Å². The summed E-state index contributed by atoms with van der Waals surface area (Å²) >= 11 is 0. The van der Waals surface area contributed by atoms with Gasteiger partial charge in [-0.25, -0.2) is 0 Å². The molecule has 3 rings (SSSR count). The van der Waals surface area contributed by atoms with E-state index in [9.17, 15) is 0 Å². The van der Waals surface area contributed by atoms with Gasteiger partial charge in [-0.1, -0.05) is 6.07 Å². The van der Waals surface area contributed by atoms with Crippen LogP contribution in [0, 0.1) is 0 Å². The van der Waals surface area contributed by atoms with Gasteiger partial charge in [0.1, 0.15) is 0 Å². The van der Waals surface area contributed by atoms with Crippen LogP contribution in [-0.4, -0.2) is 23.5 Å². The minimum atomic E-state index is 0.610. The Morgan fingerprint density at radius 2 is 2.12 bits per heavy atom. The Bertz CT molecular complexity index is 382. The summed E-state index contributed by atoms with van der Waals surface area (Å²) in [6.07, 6.45) is 9.66. The van der Waals surface area contributed by atoms with Crippen molar-refractivity contribution in [2.75, 3.05) is 13.6 Å². The molecule has 1 saturated heterocycles. The van der Waals surface area contributed by atoms with Gasteiger partial charge in [0, 0.05) is 18.4 Å². The molecule has 17 heavy (non-hydrogen) atoms. The lowest BCUT2D eigenvalue weighted by Crippen LogP contribution is -2.17. The van der Waals surface area contributed by atoms with E-state index in [-0.39, 0.29) is 0 Å². The predicted octanol–water partition coefficient (Wildman–Crippen LogP) is 3.13. The molecule has 0 unspecified atom stereocenters. The molecule has 1 aliphatic rings. The number of hydrogen-bond donors (Lipinski definition) is 0. The van der Waals surface area contributed by atoms with Crippen molar-refractivity contribution >= 4 is 0 Å². The Kier molecular flexibility index (Phi) is 4.33. The average Bonchev–Trinajstić information content (AvgIpc) is 3.03. The number of hydrogen-bond acceptors (Lipinski definition) is 3. The van der Waals surface area contributed by atoms with Crippen LogP contribution in [0.15, 0.2) is 53.6 Å². The fourth-order valence-electron chi connectivity index (χ4n) is 2.13. The largest absolute Gasteiger partial charge is 0.473 e. The van der Waals surface area contributed by atoms with Crippen LogP contribution in [0.5, 0.6) is 0 Å². The number of aromatic nitrogens is 1. The number of furan rings is 1. The Labute approximate surface area is 102 Å². The van der Waals surface area contributed by atoms with Crippen molar-refractivity contribution in [3.05, 3.63) is 54.7 Å². The van der Waals surface area contributed by atoms with E-state index < -0.39 is 0 Å². The van der Waals surface area contributed by atoms with Gasteiger partial charge in [-0.05, 0) is 50.2 Å². The highest BCUT2D eigenvalue weighted by Gasteiger charge is 2.21. The molecule has 1 aliphatic heterocycles. The van der Waals surface area contributed by atoms with Gasteiger partial charge in [0.25, 0.3) is 0 Å². The van der Waals surface area contributed by atoms with Crippen molar-refractivity contribution in [1.29, 1.82) is 0 Å². The van der Waals surface area contributed by atoms with Gasteiger partial charge in [-0.15, -0.1) is 0 Å². The highest BCUT2D eigenvalue weighted by atomic mass is 16.3. The van der Waals surface area contributed by atoms with E-state index in [0.717, 1.165) is 0 Å². The lowest BCUT2D eigenvalue weighted by molar-refractivity contribution is 0.317. The normalized spacial score (nSPS) is 19.7. The third-order valence-electron chi connectivity index (χ3n) is 3.02. The maximum absolute atomic E-state index is 4.58. The van der Waals surface area contributed by atoms with Crippen LogP contribution in [0.3, 0.4) is 0 Å². The molecule has 3 heteroatoms. The Morgan fingerprint density at radius 3 is 2.59 bits per heavy atom. The highest BCUT2D eigenvalue weighted by molar-refractivity contribution is 5.14. The van der Waals surface area contributed by atoms with Gasteiger partial charge < -0.3 is 4.42 Å². The van der Waals surface area contributed by atoms with Gasteiger partial charge in [-0.3, -0.25) is 9.88 Å². The second kappa shape index (κ2) is 6.21. The van der Waals surface area contributed by atoms with Gasteiger partial charge >= 0.3 is 0 Å². The molecule has 0 bridgehead atoms. The van der Waals surface area contributed by atoms with Crippen molar-refractivity contribution in [2.24, 2.45) is 0 Å². The van der Waals surface area contributed by atoms with Gasteiger partial charge in [-0.2, -0.15) is 0 Å². The molecular formula is C14H18N2O. The summed E-state index contributed by atoms with van der Waals surface area (Å²) < 4.78 is 4.58. The molecule has 0 aliphatic carbocycles. The minimum absolute atomic E-state index is 0.610. The third kappa shape index (κ3) is 3.43. The number of likely N-dealkylation sites (tertiary alicyclic amines) is 1. The molecule has 0 N–H and O–H groups in total. The summed E-state index contributed by atoms with van der Waals surface area (Å²) in [4.78, 5) is 6.54. The van der Waals surface area contributed by atoms with Crippen molar-refractivity contribution < 1.29 is 4.42 Å². The first-order valence-corrected chi connectivity index (χ1v) is 5.95.